The summed E-state index contributed by atoms with van der Waals surface area (Å²) in [5, 5.41) is 0. The molecule has 0 aromatic carbocycles. The molecule has 66 valence electrons. The molecule has 0 atom stereocenters. The van der Waals surface area contributed by atoms with Gasteiger partial charge in [0.15, 0.2) is 0 Å². The van der Waals surface area contributed by atoms with Crippen molar-refractivity contribution in [2.24, 2.45) is 0 Å². The van der Waals surface area contributed by atoms with Gasteiger partial charge in [-0.25, -0.2) is 4.98 Å². The molecule has 0 radical (unpaired) electrons. The standard InChI is InChI=1S/C7H7F3N2/c1-12(7(8,9)10)6-4-2-3-5-11-6/h2-5H,1H3. The molecule has 5 heteroatoms. The van der Waals surface area contributed by atoms with E-state index in [9.17, 15) is 13.2 Å². The molecule has 1 aromatic heterocycles. The number of anilines is 1. The molecule has 0 bridgehead atoms. The van der Waals surface area contributed by atoms with Gasteiger partial charge in [0.25, 0.3) is 0 Å². The van der Waals surface area contributed by atoms with Crippen molar-refractivity contribution in [3.8, 4) is 0 Å². The molecule has 0 aliphatic heterocycles. The van der Waals surface area contributed by atoms with Gasteiger partial charge in [0.1, 0.15) is 5.82 Å². The molecule has 0 amide bonds. The van der Waals surface area contributed by atoms with Crippen molar-refractivity contribution in [2.75, 3.05) is 11.9 Å². The van der Waals surface area contributed by atoms with Crippen molar-refractivity contribution in [3.05, 3.63) is 24.4 Å². The van der Waals surface area contributed by atoms with E-state index in [1.54, 1.807) is 6.07 Å². The van der Waals surface area contributed by atoms with Gasteiger partial charge in [-0.15, -0.1) is 0 Å². The Morgan fingerprint density at radius 3 is 2.42 bits per heavy atom. The summed E-state index contributed by atoms with van der Waals surface area (Å²) in [6, 6.07) is 4.37. The summed E-state index contributed by atoms with van der Waals surface area (Å²) in [5.41, 5.74) is 0. The Morgan fingerprint density at radius 2 is 2.00 bits per heavy atom. The fourth-order valence-corrected chi connectivity index (χ4v) is 0.682. The molecule has 1 heterocycles. The third-order valence-electron chi connectivity index (χ3n) is 1.37. The van der Waals surface area contributed by atoms with Crippen LogP contribution in [-0.2, 0) is 0 Å². The Labute approximate surface area is 67.6 Å². The predicted molar refractivity (Wildman–Crippen MR) is 38.7 cm³/mol. The van der Waals surface area contributed by atoms with Crippen molar-refractivity contribution >= 4 is 5.82 Å². The van der Waals surface area contributed by atoms with Crippen molar-refractivity contribution < 1.29 is 13.2 Å². The lowest BCUT2D eigenvalue weighted by atomic mass is 10.4. The second kappa shape index (κ2) is 3.00. The SMILES string of the molecule is CN(c1ccccn1)C(F)(F)F. The van der Waals surface area contributed by atoms with E-state index in [0.29, 0.717) is 0 Å². The molecule has 12 heavy (non-hydrogen) atoms. The van der Waals surface area contributed by atoms with Gasteiger partial charge in [0.2, 0.25) is 0 Å². The largest absolute Gasteiger partial charge is 0.485 e. The summed E-state index contributed by atoms with van der Waals surface area (Å²) in [6.07, 6.45) is -3.05. The Balaban J connectivity index is 2.86. The van der Waals surface area contributed by atoms with Crippen molar-refractivity contribution in [3.63, 3.8) is 0 Å². The van der Waals surface area contributed by atoms with Gasteiger partial charge in [-0.1, -0.05) is 6.07 Å². The first-order chi connectivity index (χ1) is 5.52. The molecule has 1 aromatic rings. The zero-order chi connectivity index (χ0) is 9.19. The first kappa shape index (κ1) is 8.83. The number of pyridine rings is 1. The van der Waals surface area contributed by atoms with E-state index < -0.39 is 6.30 Å². The van der Waals surface area contributed by atoms with E-state index in [4.69, 9.17) is 0 Å². The molecular formula is C7H7F3N2. The fraction of sp³-hybridized carbons (Fsp3) is 0.286. The maximum Gasteiger partial charge on any atom is 0.485 e. The number of aromatic nitrogens is 1. The zero-order valence-electron chi connectivity index (χ0n) is 6.34. The van der Waals surface area contributed by atoms with Gasteiger partial charge < -0.3 is 0 Å². The highest BCUT2D eigenvalue weighted by atomic mass is 19.4. The fourth-order valence-electron chi connectivity index (χ4n) is 0.682. The molecule has 0 N–H and O–H groups in total. The molecular weight excluding hydrogens is 169 g/mol. The van der Waals surface area contributed by atoms with Crippen molar-refractivity contribution in [2.45, 2.75) is 6.30 Å². The maximum absolute atomic E-state index is 12.0. The second-order valence-electron chi connectivity index (χ2n) is 2.21. The highest BCUT2D eigenvalue weighted by molar-refractivity contribution is 5.37. The third-order valence-corrected chi connectivity index (χ3v) is 1.37. The maximum atomic E-state index is 12.0. The molecule has 0 saturated heterocycles. The molecule has 0 aliphatic rings. The summed E-state index contributed by atoms with van der Waals surface area (Å²) >= 11 is 0. The normalized spacial score (nSPS) is 11.3. The van der Waals surface area contributed by atoms with Gasteiger partial charge in [-0.05, 0) is 12.1 Å². The van der Waals surface area contributed by atoms with Crippen LogP contribution in [0.3, 0.4) is 0 Å². The Kier molecular flexibility index (Phi) is 2.21. The number of hydrogen-bond donors (Lipinski definition) is 0. The summed E-state index contributed by atoms with van der Waals surface area (Å²) in [6.45, 7) is 0. The minimum Gasteiger partial charge on any atom is -0.271 e. The van der Waals surface area contributed by atoms with E-state index in [1.807, 2.05) is 0 Å². The van der Waals surface area contributed by atoms with Crippen molar-refractivity contribution in [1.29, 1.82) is 0 Å². The molecule has 0 unspecified atom stereocenters. The van der Waals surface area contributed by atoms with Gasteiger partial charge in [-0.3, -0.25) is 4.90 Å². The van der Waals surface area contributed by atoms with E-state index >= 15 is 0 Å². The first-order valence-corrected chi connectivity index (χ1v) is 3.23. The van der Waals surface area contributed by atoms with E-state index in [-0.39, 0.29) is 10.7 Å². The van der Waals surface area contributed by atoms with Crippen LogP contribution in [0.2, 0.25) is 0 Å². The molecule has 0 spiro atoms. The van der Waals surface area contributed by atoms with Crippen LogP contribution in [0, 0.1) is 0 Å². The van der Waals surface area contributed by atoms with Crippen LogP contribution in [0.25, 0.3) is 0 Å². The smallest absolute Gasteiger partial charge is 0.271 e. The lowest BCUT2D eigenvalue weighted by molar-refractivity contribution is -0.126. The van der Waals surface area contributed by atoms with Crippen LogP contribution < -0.4 is 4.90 Å². The van der Waals surface area contributed by atoms with Crippen LogP contribution in [0.5, 0.6) is 0 Å². The molecule has 0 aliphatic carbocycles. The number of alkyl halides is 3. The van der Waals surface area contributed by atoms with Gasteiger partial charge >= 0.3 is 6.30 Å². The van der Waals surface area contributed by atoms with E-state index in [0.717, 1.165) is 7.05 Å². The number of hydrogen-bond acceptors (Lipinski definition) is 2. The number of rotatable bonds is 1. The van der Waals surface area contributed by atoms with Crippen LogP contribution in [0.4, 0.5) is 19.0 Å². The van der Waals surface area contributed by atoms with Crippen molar-refractivity contribution in [1.82, 2.24) is 4.98 Å². The van der Waals surface area contributed by atoms with Crippen LogP contribution in [0.15, 0.2) is 24.4 Å². The summed E-state index contributed by atoms with van der Waals surface area (Å²) in [4.78, 5) is 3.71. The molecule has 0 fully saturated rings. The average Bonchev–Trinajstić information content (AvgIpc) is 2.03. The quantitative estimate of drug-likeness (QED) is 0.608. The van der Waals surface area contributed by atoms with Gasteiger partial charge in [0, 0.05) is 13.2 Å². The number of halogens is 3. The van der Waals surface area contributed by atoms with Crippen LogP contribution >= 0.6 is 0 Å². The van der Waals surface area contributed by atoms with E-state index in [2.05, 4.69) is 4.98 Å². The topological polar surface area (TPSA) is 16.1 Å². The second-order valence-corrected chi connectivity index (χ2v) is 2.21. The lowest BCUT2D eigenvalue weighted by Crippen LogP contribution is -2.34. The molecule has 2 nitrogen and oxygen atoms in total. The number of nitrogens with zero attached hydrogens (tertiary/aromatic N) is 2. The Hall–Kier alpha value is -1.26. The van der Waals surface area contributed by atoms with Crippen LogP contribution in [-0.4, -0.2) is 18.3 Å². The van der Waals surface area contributed by atoms with Gasteiger partial charge in [-0.2, -0.15) is 13.2 Å². The minimum absolute atomic E-state index is 0.106. The zero-order valence-corrected chi connectivity index (χ0v) is 6.34. The Bertz CT molecular complexity index is 245. The first-order valence-electron chi connectivity index (χ1n) is 3.23. The average molecular weight is 176 g/mol. The predicted octanol–water partition coefficient (Wildman–Crippen LogP) is 2.04. The highest BCUT2D eigenvalue weighted by Crippen LogP contribution is 2.23. The molecule has 1 rings (SSSR count). The minimum atomic E-state index is -4.37. The monoisotopic (exact) mass is 176 g/mol. The lowest BCUT2D eigenvalue weighted by Gasteiger charge is -2.20. The Morgan fingerprint density at radius 1 is 1.33 bits per heavy atom. The summed E-state index contributed by atoms with van der Waals surface area (Å²) in [7, 11) is 0.933. The highest BCUT2D eigenvalue weighted by Gasteiger charge is 2.34. The molecule has 0 saturated carbocycles. The van der Waals surface area contributed by atoms with Gasteiger partial charge in [0.05, 0.1) is 0 Å². The summed E-state index contributed by atoms with van der Waals surface area (Å²) < 4.78 is 36.1. The summed E-state index contributed by atoms with van der Waals surface area (Å²) in [5.74, 6) is -0.106. The van der Waals surface area contributed by atoms with E-state index in [1.165, 1.54) is 18.3 Å². The third kappa shape index (κ3) is 1.87. The van der Waals surface area contributed by atoms with Crippen LogP contribution in [0.1, 0.15) is 0 Å².